The van der Waals surface area contributed by atoms with Crippen molar-refractivity contribution in [3.05, 3.63) is 179 Å². The molecule has 0 aromatic heterocycles. The van der Waals surface area contributed by atoms with Crippen LogP contribution in [0.1, 0.15) is 53.3 Å². The molecule has 2 aliphatic rings. The van der Waals surface area contributed by atoms with Crippen molar-refractivity contribution in [3.8, 4) is 23.0 Å². The minimum atomic E-state index is -0.652. The Bertz CT molecular complexity index is 2460. The standard InChI is InChI=1S/C25H24N2O3.C24H22N2O3/c1-3-30-23-16-20-19(15-22(23)29-2)24(18-12-8-5-9-13-18)26-21(25(28)27-20)14-17-10-6-4-7-11-17;1-3-29-21-15-19-18(14-20(21)28-2)22(16-10-6-4-7-11-16)26-23(24(27)25-19)17-12-8-5-9-13-17/h4-13,15-16,21H,3,14H2,1-2H3,(H,27,28);4-15,23H,3H2,1-2H3,(H,25,27). The number of anilines is 2. The second-order valence-electron chi connectivity index (χ2n) is 13.6. The molecule has 298 valence electrons. The largest absolute Gasteiger partial charge is 0.493 e. The van der Waals surface area contributed by atoms with E-state index in [1.807, 2.05) is 153 Å². The molecule has 2 unspecified atom stereocenters. The van der Waals surface area contributed by atoms with E-state index in [0.29, 0.717) is 54.0 Å². The van der Waals surface area contributed by atoms with E-state index in [2.05, 4.69) is 10.6 Å². The molecular weight excluding hydrogens is 741 g/mol. The van der Waals surface area contributed by atoms with E-state index in [1.54, 1.807) is 20.3 Å². The molecule has 6 aromatic rings. The molecule has 2 amide bonds. The zero-order chi connectivity index (χ0) is 41.1. The molecule has 6 aromatic carbocycles. The first-order valence-electron chi connectivity index (χ1n) is 19.6. The SMILES string of the molecule is CCOc1cc2c(cc1OC)C(c1ccccc1)=NC(Cc1ccccc1)C(=O)N2.CCOc1cc2c(cc1OC)C(c1ccccc1)=NC(c1ccccc1)C(=O)N2. The zero-order valence-electron chi connectivity index (χ0n) is 33.5. The lowest BCUT2D eigenvalue weighted by atomic mass is 9.99. The van der Waals surface area contributed by atoms with Crippen molar-refractivity contribution < 1.29 is 28.5 Å². The van der Waals surface area contributed by atoms with Gasteiger partial charge in [-0.3, -0.25) is 19.6 Å². The highest BCUT2D eigenvalue weighted by Gasteiger charge is 2.30. The van der Waals surface area contributed by atoms with Gasteiger partial charge in [0.15, 0.2) is 29.0 Å². The van der Waals surface area contributed by atoms with E-state index in [9.17, 15) is 9.59 Å². The number of benzene rings is 6. The van der Waals surface area contributed by atoms with Gasteiger partial charge < -0.3 is 29.6 Å². The number of carbonyl (C=O) groups excluding carboxylic acids is 2. The fourth-order valence-electron chi connectivity index (χ4n) is 7.02. The van der Waals surface area contributed by atoms with Crippen LogP contribution < -0.4 is 29.6 Å². The number of aliphatic imine (C=N–C) groups is 2. The molecule has 10 nitrogen and oxygen atoms in total. The molecule has 0 bridgehead atoms. The average molecular weight is 787 g/mol. The van der Waals surface area contributed by atoms with Gasteiger partial charge in [-0.25, -0.2) is 0 Å². The molecule has 2 aliphatic heterocycles. The highest BCUT2D eigenvalue weighted by molar-refractivity contribution is 6.21. The fourth-order valence-corrected chi connectivity index (χ4v) is 7.02. The first-order chi connectivity index (χ1) is 28.9. The second-order valence-corrected chi connectivity index (χ2v) is 13.6. The molecule has 2 heterocycles. The molecule has 0 saturated heterocycles. The fraction of sp³-hybridized carbons (Fsp3) is 0.184. The second kappa shape index (κ2) is 18.8. The average Bonchev–Trinajstić information content (AvgIpc) is 3.50. The number of ether oxygens (including phenoxy) is 4. The summed E-state index contributed by atoms with van der Waals surface area (Å²) in [7, 11) is 3.21. The number of hydrogen-bond acceptors (Lipinski definition) is 8. The van der Waals surface area contributed by atoms with Crippen molar-refractivity contribution in [1.82, 2.24) is 0 Å². The maximum Gasteiger partial charge on any atom is 0.253 e. The maximum absolute atomic E-state index is 13.1. The zero-order valence-corrected chi connectivity index (χ0v) is 33.5. The third-order valence-electron chi connectivity index (χ3n) is 9.81. The van der Waals surface area contributed by atoms with Gasteiger partial charge >= 0.3 is 0 Å². The molecule has 2 atom stereocenters. The first-order valence-corrected chi connectivity index (χ1v) is 19.6. The number of nitrogens with zero attached hydrogens (tertiary/aromatic N) is 2. The predicted octanol–water partition coefficient (Wildman–Crippen LogP) is 9.12. The van der Waals surface area contributed by atoms with Gasteiger partial charge in [0.05, 0.1) is 50.2 Å². The number of rotatable bonds is 11. The van der Waals surface area contributed by atoms with Crippen LogP contribution >= 0.6 is 0 Å². The van der Waals surface area contributed by atoms with E-state index >= 15 is 0 Å². The van der Waals surface area contributed by atoms with E-state index in [1.165, 1.54) is 0 Å². The van der Waals surface area contributed by atoms with Crippen LogP contribution in [0.2, 0.25) is 0 Å². The van der Waals surface area contributed by atoms with E-state index < -0.39 is 12.1 Å². The number of hydrogen-bond donors (Lipinski definition) is 2. The molecule has 8 rings (SSSR count). The van der Waals surface area contributed by atoms with Crippen molar-refractivity contribution in [2.24, 2.45) is 9.98 Å². The monoisotopic (exact) mass is 786 g/mol. The van der Waals surface area contributed by atoms with Crippen LogP contribution in [0.5, 0.6) is 23.0 Å². The quantitative estimate of drug-likeness (QED) is 0.135. The number of amides is 2. The van der Waals surface area contributed by atoms with Crippen LogP contribution in [0.3, 0.4) is 0 Å². The smallest absolute Gasteiger partial charge is 0.253 e. The third-order valence-corrected chi connectivity index (χ3v) is 9.81. The molecule has 0 saturated carbocycles. The van der Waals surface area contributed by atoms with E-state index in [4.69, 9.17) is 28.9 Å². The minimum absolute atomic E-state index is 0.140. The van der Waals surface area contributed by atoms with Gasteiger partial charge in [0.25, 0.3) is 5.91 Å². The van der Waals surface area contributed by atoms with E-state index in [0.717, 1.165) is 44.8 Å². The predicted molar refractivity (Wildman–Crippen MR) is 233 cm³/mol. The van der Waals surface area contributed by atoms with Gasteiger partial charge in [0, 0.05) is 40.8 Å². The number of fused-ring (bicyclic) bond motifs is 2. The van der Waals surface area contributed by atoms with Crippen LogP contribution in [0.15, 0.2) is 156 Å². The van der Waals surface area contributed by atoms with Crippen molar-refractivity contribution in [2.75, 3.05) is 38.1 Å². The third kappa shape index (κ3) is 9.18. The van der Waals surface area contributed by atoms with Crippen molar-refractivity contribution in [1.29, 1.82) is 0 Å². The van der Waals surface area contributed by atoms with Crippen LogP contribution in [0, 0.1) is 0 Å². The van der Waals surface area contributed by atoms with Crippen LogP contribution in [-0.4, -0.2) is 56.7 Å². The summed E-state index contributed by atoms with van der Waals surface area (Å²) in [5, 5.41) is 6.09. The Labute approximate surface area is 344 Å². The number of methoxy groups -OCH3 is 2. The van der Waals surface area contributed by atoms with Gasteiger partial charge in [-0.2, -0.15) is 0 Å². The van der Waals surface area contributed by atoms with Gasteiger partial charge in [-0.1, -0.05) is 121 Å². The summed E-state index contributed by atoms with van der Waals surface area (Å²) >= 11 is 0. The summed E-state index contributed by atoms with van der Waals surface area (Å²) in [4.78, 5) is 36.0. The van der Waals surface area contributed by atoms with Gasteiger partial charge in [0.1, 0.15) is 6.04 Å². The Morgan fingerprint density at radius 3 is 1.44 bits per heavy atom. The molecule has 2 N–H and O–H groups in total. The number of benzodiazepines with no additional fused rings is 2. The van der Waals surface area contributed by atoms with Gasteiger partial charge in [-0.05, 0) is 37.1 Å². The molecular formula is C49H46N4O6. The summed E-state index contributed by atoms with van der Waals surface area (Å²) in [5.41, 5.74) is 8.18. The first kappa shape index (κ1) is 40.0. The van der Waals surface area contributed by atoms with Crippen LogP contribution in [-0.2, 0) is 16.0 Å². The number of carbonyl (C=O) groups is 2. The highest BCUT2D eigenvalue weighted by Crippen LogP contribution is 2.39. The Kier molecular flexibility index (Phi) is 12.8. The van der Waals surface area contributed by atoms with Crippen molar-refractivity contribution in [2.45, 2.75) is 32.4 Å². The Hall–Kier alpha value is -7.20. The lowest BCUT2D eigenvalue weighted by molar-refractivity contribution is -0.118. The molecule has 59 heavy (non-hydrogen) atoms. The number of nitrogens with one attached hydrogen (secondary N) is 2. The summed E-state index contributed by atoms with van der Waals surface area (Å²) in [5.74, 6) is 2.05. The molecule has 0 spiro atoms. The van der Waals surface area contributed by atoms with Gasteiger partial charge in [-0.15, -0.1) is 0 Å². The topological polar surface area (TPSA) is 120 Å². The summed E-state index contributed by atoms with van der Waals surface area (Å²) in [6.07, 6.45) is 0.520. The molecule has 10 heteroatoms. The summed E-state index contributed by atoms with van der Waals surface area (Å²) in [6.45, 7) is 4.82. The minimum Gasteiger partial charge on any atom is -0.493 e. The van der Waals surface area contributed by atoms with Gasteiger partial charge in [0.2, 0.25) is 5.91 Å². The summed E-state index contributed by atoms with van der Waals surface area (Å²) in [6, 6.07) is 45.5. The molecule has 0 aliphatic carbocycles. The van der Waals surface area contributed by atoms with Crippen molar-refractivity contribution >= 4 is 34.6 Å². The summed E-state index contributed by atoms with van der Waals surface area (Å²) < 4.78 is 22.5. The Morgan fingerprint density at radius 1 is 0.525 bits per heavy atom. The normalized spacial score (nSPS) is 15.5. The van der Waals surface area contributed by atoms with Crippen molar-refractivity contribution in [3.63, 3.8) is 0 Å². The Balaban J connectivity index is 0.000000179. The van der Waals surface area contributed by atoms with Crippen LogP contribution in [0.4, 0.5) is 11.4 Å². The molecule has 0 fully saturated rings. The highest BCUT2D eigenvalue weighted by atomic mass is 16.5. The van der Waals surface area contributed by atoms with E-state index in [-0.39, 0.29) is 11.8 Å². The van der Waals surface area contributed by atoms with Crippen LogP contribution in [0.25, 0.3) is 0 Å². The lowest BCUT2D eigenvalue weighted by Crippen LogP contribution is -2.27. The maximum atomic E-state index is 13.1. The molecule has 0 radical (unpaired) electrons. The Morgan fingerprint density at radius 2 is 0.966 bits per heavy atom. The lowest BCUT2D eigenvalue weighted by Gasteiger charge is -2.15.